The lowest BCUT2D eigenvalue weighted by Gasteiger charge is -2.27. The van der Waals surface area contributed by atoms with Gasteiger partial charge in [-0.15, -0.1) is 0 Å². The van der Waals surface area contributed by atoms with E-state index >= 15 is 0 Å². The number of nitro groups is 1. The molecule has 1 atom stereocenters. The lowest BCUT2D eigenvalue weighted by molar-refractivity contribution is -0.385. The van der Waals surface area contributed by atoms with Gasteiger partial charge in [0.15, 0.2) is 0 Å². The van der Waals surface area contributed by atoms with Crippen LogP contribution in [0.1, 0.15) is 25.8 Å². The molecular formula is C12H17N3O3. The Morgan fingerprint density at radius 2 is 2.17 bits per heavy atom. The maximum atomic E-state index is 11.4. The van der Waals surface area contributed by atoms with E-state index in [9.17, 15) is 14.9 Å². The number of carbonyl (C=O) groups excluding carboxylic acids is 1. The smallest absolute Gasteiger partial charge is 0.274 e. The summed E-state index contributed by atoms with van der Waals surface area (Å²) in [5.74, 6) is -0.492. The Labute approximate surface area is 105 Å². The summed E-state index contributed by atoms with van der Waals surface area (Å²) in [7, 11) is 0. The molecule has 1 rings (SSSR count). The van der Waals surface area contributed by atoms with E-state index in [0.717, 1.165) is 0 Å². The van der Waals surface area contributed by atoms with E-state index < -0.39 is 16.4 Å². The highest BCUT2D eigenvalue weighted by molar-refractivity contribution is 5.87. The van der Waals surface area contributed by atoms with Crippen LogP contribution in [0.5, 0.6) is 0 Å². The standard InChI is InChI=1S/C12H17N3O3/c1-4-12(3,11(13)16)14-9-6-5-8(2)10(7-9)15(17)18/h5-7,14H,4H2,1-3H3,(H2,13,16). The highest BCUT2D eigenvalue weighted by Gasteiger charge is 2.29. The first-order valence-corrected chi connectivity index (χ1v) is 5.63. The number of carbonyl (C=O) groups is 1. The third-order valence-corrected chi connectivity index (χ3v) is 3.08. The molecule has 1 aromatic rings. The van der Waals surface area contributed by atoms with Crippen molar-refractivity contribution < 1.29 is 9.72 Å². The molecule has 3 N–H and O–H groups in total. The zero-order valence-electron chi connectivity index (χ0n) is 10.7. The molecule has 0 aromatic heterocycles. The van der Waals surface area contributed by atoms with Gasteiger partial charge in [0.25, 0.3) is 5.69 Å². The number of aryl methyl sites for hydroxylation is 1. The Balaban J connectivity index is 3.09. The van der Waals surface area contributed by atoms with Crippen molar-refractivity contribution in [1.29, 1.82) is 0 Å². The van der Waals surface area contributed by atoms with E-state index in [4.69, 9.17) is 5.73 Å². The molecule has 0 saturated carbocycles. The van der Waals surface area contributed by atoms with Gasteiger partial charge in [-0.05, 0) is 26.3 Å². The van der Waals surface area contributed by atoms with Crippen molar-refractivity contribution >= 4 is 17.3 Å². The number of benzene rings is 1. The summed E-state index contributed by atoms with van der Waals surface area (Å²) in [5.41, 5.74) is 5.51. The van der Waals surface area contributed by atoms with Crippen LogP contribution >= 0.6 is 0 Å². The number of nitro benzene ring substituents is 1. The average molecular weight is 251 g/mol. The second-order valence-corrected chi connectivity index (χ2v) is 4.43. The van der Waals surface area contributed by atoms with Crippen molar-refractivity contribution in [3.8, 4) is 0 Å². The molecule has 0 spiro atoms. The van der Waals surface area contributed by atoms with E-state index in [1.807, 2.05) is 6.92 Å². The van der Waals surface area contributed by atoms with Crippen LogP contribution in [0.4, 0.5) is 11.4 Å². The van der Waals surface area contributed by atoms with Gasteiger partial charge in [0.1, 0.15) is 5.54 Å². The molecule has 1 unspecified atom stereocenters. The summed E-state index contributed by atoms with van der Waals surface area (Å²) in [5, 5.41) is 13.8. The fourth-order valence-corrected chi connectivity index (χ4v) is 1.53. The van der Waals surface area contributed by atoms with Crippen LogP contribution < -0.4 is 11.1 Å². The minimum absolute atomic E-state index is 0.0166. The van der Waals surface area contributed by atoms with Crippen LogP contribution in [-0.2, 0) is 4.79 Å². The molecule has 1 amide bonds. The number of anilines is 1. The van der Waals surface area contributed by atoms with Crippen LogP contribution in [-0.4, -0.2) is 16.4 Å². The molecule has 0 aliphatic heterocycles. The maximum absolute atomic E-state index is 11.4. The lowest BCUT2D eigenvalue weighted by atomic mass is 9.97. The van der Waals surface area contributed by atoms with Gasteiger partial charge < -0.3 is 11.1 Å². The molecule has 98 valence electrons. The second-order valence-electron chi connectivity index (χ2n) is 4.43. The zero-order valence-corrected chi connectivity index (χ0v) is 10.7. The molecular weight excluding hydrogens is 234 g/mol. The van der Waals surface area contributed by atoms with Crippen LogP contribution in [0.15, 0.2) is 18.2 Å². The minimum atomic E-state index is -0.914. The first kappa shape index (κ1) is 14.0. The third kappa shape index (κ3) is 2.77. The molecule has 6 heteroatoms. The normalized spacial score (nSPS) is 13.7. The highest BCUT2D eigenvalue weighted by Crippen LogP contribution is 2.25. The Bertz CT molecular complexity index is 487. The van der Waals surface area contributed by atoms with Gasteiger partial charge in [-0.25, -0.2) is 0 Å². The van der Waals surface area contributed by atoms with E-state index in [-0.39, 0.29) is 5.69 Å². The SMILES string of the molecule is CCC(C)(Nc1ccc(C)c([N+](=O)[O-])c1)C(N)=O. The fourth-order valence-electron chi connectivity index (χ4n) is 1.53. The highest BCUT2D eigenvalue weighted by atomic mass is 16.6. The number of amides is 1. The van der Waals surface area contributed by atoms with E-state index in [1.54, 1.807) is 26.0 Å². The summed E-state index contributed by atoms with van der Waals surface area (Å²) in [6.45, 7) is 5.15. The molecule has 18 heavy (non-hydrogen) atoms. The van der Waals surface area contributed by atoms with E-state index in [1.165, 1.54) is 6.07 Å². The second kappa shape index (κ2) is 5.03. The van der Waals surface area contributed by atoms with Gasteiger partial charge in [0.05, 0.1) is 4.92 Å². The topological polar surface area (TPSA) is 98.3 Å². The molecule has 1 aromatic carbocycles. The molecule has 0 fully saturated rings. The largest absolute Gasteiger partial charge is 0.371 e. The quantitative estimate of drug-likeness (QED) is 0.617. The fraction of sp³-hybridized carbons (Fsp3) is 0.417. The number of nitrogens with zero attached hydrogens (tertiary/aromatic N) is 1. The van der Waals surface area contributed by atoms with Crippen molar-refractivity contribution in [3.63, 3.8) is 0 Å². The van der Waals surface area contributed by atoms with E-state index in [2.05, 4.69) is 5.32 Å². The summed E-state index contributed by atoms with van der Waals surface area (Å²) in [4.78, 5) is 21.7. The van der Waals surface area contributed by atoms with Gasteiger partial charge in [0, 0.05) is 17.3 Å². The average Bonchev–Trinajstić information content (AvgIpc) is 2.30. The lowest BCUT2D eigenvalue weighted by Crippen LogP contribution is -2.47. The number of rotatable bonds is 5. The number of hydrogen-bond donors (Lipinski definition) is 2. The van der Waals surface area contributed by atoms with Gasteiger partial charge in [0.2, 0.25) is 5.91 Å². The van der Waals surface area contributed by atoms with Crippen molar-refractivity contribution in [2.75, 3.05) is 5.32 Å². The van der Waals surface area contributed by atoms with Crippen LogP contribution in [0.3, 0.4) is 0 Å². The van der Waals surface area contributed by atoms with Crippen molar-refractivity contribution in [2.24, 2.45) is 5.73 Å². The summed E-state index contributed by atoms with van der Waals surface area (Å²) >= 11 is 0. The molecule has 6 nitrogen and oxygen atoms in total. The predicted molar refractivity (Wildman–Crippen MR) is 69.3 cm³/mol. The Morgan fingerprint density at radius 1 is 1.56 bits per heavy atom. The first-order valence-electron chi connectivity index (χ1n) is 5.63. The Morgan fingerprint density at radius 3 is 2.61 bits per heavy atom. The number of nitrogens with two attached hydrogens (primary N) is 1. The minimum Gasteiger partial charge on any atom is -0.371 e. The van der Waals surface area contributed by atoms with Gasteiger partial charge >= 0.3 is 0 Å². The van der Waals surface area contributed by atoms with Crippen LogP contribution in [0.25, 0.3) is 0 Å². The van der Waals surface area contributed by atoms with Crippen molar-refractivity contribution in [2.45, 2.75) is 32.7 Å². The van der Waals surface area contributed by atoms with Gasteiger partial charge in [-0.3, -0.25) is 14.9 Å². The van der Waals surface area contributed by atoms with Crippen LogP contribution in [0.2, 0.25) is 0 Å². The Hall–Kier alpha value is -2.11. The summed E-state index contributed by atoms with van der Waals surface area (Å²) < 4.78 is 0. The first-order chi connectivity index (χ1) is 8.30. The molecule has 0 bridgehead atoms. The monoisotopic (exact) mass is 251 g/mol. The van der Waals surface area contributed by atoms with Crippen LogP contribution in [0, 0.1) is 17.0 Å². The molecule has 0 radical (unpaired) electrons. The molecule has 0 aliphatic rings. The maximum Gasteiger partial charge on any atom is 0.274 e. The number of nitrogens with one attached hydrogen (secondary N) is 1. The van der Waals surface area contributed by atoms with E-state index in [0.29, 0.717) is 17.7 Å². The van der Waals surface area contributed by atoms with Gasteiger partial charge in [-0.2, -0.15) is 0 Å². The molecule has 0 aliphatic carbocycles. The zero-order chi connectivity index (χ0) is 13.9. The number of hydrogen-bond acceptors (Lipinski definition) is 4. The molecule has 0 heterocycles. The molecule has 0 saturated heterocycles. The summed E-state index contributed by atoms with van der Waals surface area (Å²) in [6, 6.07) is 4.74. The Kier molecular flexibility index (Phi) is 3.90. The van der Waals surface area contributed by atoms with Crippen molar-refractivity contribution in [1.82, 2.24) is 0 Å². The summed E-state index contributed by atoms with van der Waals surface area (Å²) in [6.07, 6.45) is 0.490. The third-order valence-electron chi connectivity index (χ3n) is 3.08. The van der Waals surface area contributed by atoms with Gasteiger partial charge in [-0.1, -0.05) is 13.0 Å². The number of primary amides is 1. The van der Waals surface area contributed by atoms with Crippen molar-refractivity contribution in [3.05, 3.63) is 33.9 Å². The predicted octanol–water partition coefficient (Wildman–Crippen LogP) is 1.97.